The summed E-state index contributed by atoms with van der Waals surface area (Å²) in [6.45, 7) is 6.48. The first kappa shape index (κ1) is 19.2. The topological polar surface area (TPSA) is 44.9 Å². The van der Waals surface area contributed by atoms with Crippen molar-refractivity contribution in [2.45, 2.75) is 26.2 Å². The second-order valence-corrected chi connectivity index (χ2v) is 9.80. The Morgan fingerprint density at radius 2 is 1.57 bits per heavy atom. The standard InChI is InChI=1S/C23H20Br2N2O/c1-23(2,3)14-6-4-13(5-7-14)22(28)27-20-12-16(25)11-18-17-10-15(24)8-9-19(17)26-21(18)20/h4-12,26H,1-3H3,(H,27,28). The number of carbonyl (C=O) groups excluding carboxylic acids is 1. The van der Waals surface area contributed by atoms with E-state index in [1.165, 1.54) is 5.56 Å². The van der Waals surface area contributed by atoms with E-state index < -0.39 is 0 Å². The zero-order valence-corrected chi connectivity index (χ0v) is 19.0. The highest BCUT2D eigenvalue weighted by Crippen LogP contribution is 2.35. The number of carbonyl (C=O) groups is 1. The van der Waals surface area contributed by atoms with Gasteiger partial charge >= 0.3 is 0 Å². The predicted molar refractivity (Wildman–Crippen MR) is 124 cm³/mol. The lowest BCUT2D eigenvalue weighted by atomic mass is 9.87. The first-order valence-corrected chi connectivity index (χ1v) is 10.6. The van der Waals surface area contributed by atoms with E-state index in [0.29, 0.717) is 5.56 Å². The third-order valence-corrected chi connectivity index (χ3v) is 5.85. The maximum Gasteiger partial charge on any atom is 0.255 e. The van der Waals surface area contributed by atoms with E-state index in [2.05, 4.69) is 75.1 Å². The first-order chi connectivity index (χ1) is 13.2. The van der Waals surface area contributed by atoms with Crippen molar-refractivity contribution in [2.24, 2.45) is 0 Å². The van der Waals surface area contributed by atoms with Gasteiger partial charge in [0.05, 0.1) is 11.2 Å². The number of anilines is 1. The number of nitrogens with one attached hydrogen (secondary N) is 2. The van der Waals surface area contributed by atoms with Crippen LogP contribution in [0.25, 0.3) is 21.8 Å². The van der Waals surface area contributed by atoms with E-state index in [1.807, 2.05) is 42.5 Å². The Morgan fingerprint density at radius 3 is 2.25 bits per heavy atom. The lowest BCUT2D eigenvalue weighted by Gasteiger charge is -2.19. The van der Waals surface area contributed by atoms with Crippen LogP contribution < -0.4 is 5.32 Å². The summed E-state index contributed by atoms with van der Waals surface area (Å²) in [5.41, 5.74) is 4.60. The zero-order valence-electron chi connectivity index (χ0n) is 15.9. The minimum Gasteiger partial charge on any atom is -0.353 e. The summed E-state index contributed by atoms with van der Waals surface area (Å²) in [7, 11) is 0. The summed E-state index contributed by atoms with van der Waals surface area (Å²) in [6.07, 6.45) is 0. The van der Waals surface area contributed by atoms with Gasteiger partial charge in [-0.2, -0.15) is 0 Å². The molecule has 28 heavy (non-hydrogen) atoms. The van der Waals surface area contributed by atoms with Crippen molar-refractivity contribution in [1.29, 1.82) is 0 Å². The van der Waals surface area contributed by atoms with Gasteiger partial charge in [-0.25, -0.2) is 0 Å². The molecule has 4 rings (SSSR count). The molecule has 0 aliphatic heterocycles. The molecule has 3 nitrogen and oxygen atoms in total. The SMILES string of the molecule is CC(C)(C)c1ccc(C(=O)Nc2cc(Br)cc3c2[nH]c2ccc(Br)cc23)cc1. The van der Waals surface area contributed by atoms with Gasteiger partial charge in [0.1, 0.15) is 0 Å². The highest BCUT2D eigenvalue weighted by molar-refractivity contribution is 9.10. The Hall–Kier alpha value is -2.11. The van der Waals surface area contributed by atoms with Crippen molar-refractivity contribution in [3.05, 3.63) is 74.7 Å². The number of benzene rings is 3. The summed E-state index contributed by atoms with van der Waals surface area (Å²) < 4.78 is 1.93. The molecule has 0 unspecified atom stereocenters. The minimum atomic E-state index is -0.125. The fourth-order valence-corrected chi connectivity index (χ4v) is 4.17. The summed E-state index contributed by atoms with van der Waals surface area (Å²) in [6, 6.07) is 17.9. The molecule has 0 aliphatic rings. The molecule has 4 aromatic rings. The van der Waals surface area contributed by atoms with E-state index >= 15 is 0 Å². The monoisotopic (exact) mass is 498 g/mol. The average Bonchev–Trinajstić information content (AvgIpc) is 2.99. The summed E-state index contributed by atoms with van der Waals surface area (Å²) in [5.74, 6) is -0.125. The molecular formula is C23H20Br2N2O. The van der Waals surface area contributed by atoms with Crippen molar-refractivity contribution >= 4 is 65.3 Å². The second kappa shape index (κ2) is 7.05. The van der Waals surface area contributed by atoms with Gasteiger partial charge in [0.2, 0.25) is 0 Å². The van der Waals surface area contributed by atoms with E-state index in [-0.39, 0.29) is 11.3 Å². The number of aromatic nitrogens is 1. The molecule has 3 aromatic carbocycles. The molecule has 0 aliphatic carbocycles. The molecule has 1 heterocycles. The van der Waals surface area contributed by atoms with Crippen LogP contribution in [0.2, 0.25) is 0 Å². The van der Waals surface area contributed by atoms with Crippen LogP contribution in [0.4, 0.5) is 5.69 Å². The number of halogens is 2. The van der Waals surface area contributed by atoms with Crippen LogP contribution in [-0.2, 0) is 5.41 Å². The molecule has 0 radical (unpaired) electrons. The predicted octanol–water partition coefficient (Wildman–Crippen LogP) is 7.40. The molecule has 1 amide bonds. The van der Waals surface area contributed by atoms with E-state index in [1.54, 1.807) is 0 Å². The van der Waals surface area contributed by atoms with Crippen LogP contribution in [0.5, 0.6) is 0 Å². The molecule has 0 spiro atoms. The maximum absolute atomic E-state index is 12.9. The van der Waals surface area contributed by atoms with Gasteiger partial charge in [0.15, 0.2) is 0 Å². The number of aromatic amines is 1. The van der Waals surface area contributed by atoms with Crippen molar-refractivity contribution in [3.63, 3.8) is 0 Å². The Kier molecular flexibility index (Phi) is 4.84. The Labute approximate surface area is 180 Å². The smallest absolute Gasteiger partial charge is 0.255 e. The fraction of sp³-hybridized carbons (Fsp3) is 0.174. The van der Waals surface area contributed by atoms with Gasteiger partial charge in [-0.3, -0.25) is 4.79 Å². The lowest BCUT2D eigenvalue weighted by molar-refractivity contribution is 0.102. The second-order valence-electron chi connectivity index (χ2n) is 7.97. The molecule has 0 bridgehead atoms. The van der Waals surface area contributed by atoms with Gasteiger partial charge in [-0.05, 0) is 53.4 Å². The number of hydrogen-bond acceptors (Lipinski definition) is 1. The van der Waals surface area contributed by atoms with Crippen LogP contribution in [-0.4, -0.2) is 10.9 Å². The fourth-order valence-electron chi connectivity index (χ4n) is 3.35. The molecule has 1 aromatic heterocycles. The Morgan fingerprint density at radius 1 is 0.893 bits per heavy atom. The van der Waals surface area contributed by atoms with E-state index in [9.17, 15) is 4.79 Å². The van der Waals surface area contributed by atoms with Gasteiger partial charge < -0.3 is 10.3 Å². The van der Waals surface area contributed by atoms with Crippen LogP contribution in [0, 0.1) is 0 Å². The van der Waals surface area contributed by atoms with Crippen LogP contribution in [0.15, 0.2) is 63.5 Å². The average molecular weight is 500 g/mol. The number of fused-ring (bicyclic) bond motifs is 3. The first-order valence-electron chi connectivity index (χ1n) is 9.05. The number of rotatable bonds is 2. The molecular weight excluding hydrogens is 480 g/mol. The van der Waals surface area contributed by atoms with Crippen molar-refractivity contribution in [1.82, 2.24) is 4.98 Å². The van der Waals surface area contributed by atoms with Crippen LogP contribution in [0.1, 0.15) is 36.7 Å². The third-order valence-electron chi connectivity index (χ3n) is 4.90. The molecule has 2 N–H and O–H groups in total. The molecule has 0 fully saturated rings. The molecule has 0 saturated carbocycles. The number of hydrogen-bond donors (Lipinski definition) is 2. The highest BCUT2D eigenvalue weighted by atomic mass is 79.9. The maximum atomic E-state index is 12.9. The number of H-pyrrole nitrogens is 1. The number of amides is 1. The summed E-state index contributed by atoms with van der Waals surface area (Å²) in [5, 5.41) is 5.23. The molecule has 0 atom stereocenters. The van der Waals surface area contributed by atoms with Crippen LogP contribution in [0.3, 0.4) is 0 Å². The molecule has 142 valence electrons. The third kappa shape index (κ3) is 3.61. The molecule has 5 heteroatoms. The van der Waals surface area contributed by atoms with Gasteiger partial charge in [0.25, 0.3) is 5.91 Å². The van der Waals surface area contributed by atoms with Gasteiger partial charge in [-0.1, -0.05) is 64.8 Å². The van der Waals surface area contributed by atoms with E-state index in [4.69, 9.17) is 0 Å². The minimum absolute atomic E-state index is 0.0596. The van der Waals surface area contributed by atoms with Crippen molar-refractivity contribution < 1.29 is 4.79 Å². The van der Waals surface area contributed by atoms with E-state index in [0.717, 1.165) is 36.4 Å². The summed E-state index contributed by atoms with van der Waals surface area (Å²) >= 11 is 7.11. The van der Waals surface area contributed by atoms with Gasteiger partial charge in [0, 0.05) is 30.8 Å². The quantitative estimate of drug-likeness (QED) is 0.296. The summed E-state index contributed by atoms with van der Waals surface area (Å²) in [4.78, 5) is 16.3. The Bertz CT molecular complexity index is 1200. The Balaban J connectivity index is 1.73. The van der Waals surface area contributed by atoms with Crippen molar-refractivity contribution in [2.75, 3.05) is 5.32 Å². The lowest BCUT2D eigenvalue weighted by Crippen LogP contribution is -2.14. The van der Waals surface area contributed by atoms with Gasteiger partial charge in [-0.15, -0.1) is 0 Å². The van der Waals surface area contributed by atoms with Crippen molar-refractivity contribution in [3.8, 4) is 0 Å². The highest BCUT2D eigenvalue weighted by Gasteiger charge is 2.16. The largest absolute Gasteiger partial charge is 0.353 e. The zero-order chi connectivity index (χ0) is 20.1. The van der Waals surface area contributed by atoms with Crippen LogP contribution >= 0.6 is 31.9 Å². The molecule has 0 saturated heterocycles. The normalized spacial score (nSPS) is 11.9.